The van der Waals surface area contributed by atoms with E-state index in [0.717, 1.165) is 18.9 Å². The number of hydrogen-bond acceptors (Lipinski definition) is 2. The first-order valence-corrected chi connectivity index (χ1v) is 4.28. The maximum absolute atomic E-state index is 5.54. The number of nitrogens with two attached hydrogens (primary N) is 1. The average Bonchev–Trinajstić information content (AvgIpc) is 2.56. The second-order valence-electron chi connectivity index (χ2n) is 3.28. The molecule has 12 heavy (non-hydrogen) atoms. The second-order valence-corrected chi connectivity index (χ2v) is 3.28. The Balaban J connectivity index is 2.44. The lowest BCUT2D eigenvalue weighted by molar-refractivity contribution is 0.588. The molecule has 0 aliphatic carbocycles. The van der Waals surface area contributed by atoms with Gasteiger partial charge in [-0.15, -0.1) is 0 Å². The van der Waals surface area contributed by atoms with Crippen molar-refractivity contribution in [1.82, 2.24) is 4.98 Å². The summed E-state index contributed by atoms with van der Waals surface area (Å²) in [6.07, 6.45) is 1.93. The summed E-state index contributed by atoms with van der Waals surface area (Å²) in [4.78, 5) is 5.33. The summed E-state index contributed by atoms with van der Waals surface area (Å²) in [5, 5.41) is 0. The molecule has 0 aromatic carbocycles. The largest absolute Gasteiger partial charge is 0.361 e. The van der Waals surface area contributed by atoms with Gasteiger partial charge < -0.3 is 15.6 Å². The fraction of sp³-hybridized carbons (Fsp3) is 0.556. The molecule has 1 heterocycles. The van der Waals surface area contributed by atoms with Crippen LogP contribution in [0.2, 0.25) is 0 Å². The number of anilines is 1. The van der Waals surface area contributed by atoms with Gasteiger partial charge in [-0.2, -0.15) is 0 Å². The molecular formula is C9H17N3. The van der Waals surface area contributed by atoms with Crippen molar-refractivity contribution in [3.63, 3.8) is 0 Å². The molecule has 0 saturated carbocycles. The summed E-state index contributed by atoms with van der Waals surface area (Å²) in [6.45, 7) is 3.89. The number of rotatable bonds is 4. The van der Waals surface area contributed by atoms with E-state index < -0.39 is 0 Å². The molecule has 0 saturated heterocycles. The molecule has 0 spiro atoms. The van der Waals surface area contributed by atoms with Gasteiger partial charge in [0, 0.05) is 19.8 Å². The maximum Gasteiger partial charge on any atom is 0.105 e. The van der Waals surface area contributed by atoms with Crippen LogP contribution in [0.4, 0.5) is 5.82 Å². The Labute approximate surface area is 73.6 Å². The number of hydrogen-bond donors (Lipinski definition) is 2. The van der Waals surface area contributed by atoms with Crippen LogP contribution in [-0.4, -0.2) is 25.1 Å². The normalized spacial score (nSPS) is 12.9. The fourth-order valence-electron chi connectivity index (χ4n) is 1.20. The van der Waals surface area contributed by atoms with Crippen molar-refractivity contribution in [1.29, 1.82) is 0 Å². The van der Waals surface area contributed by atoms with Gasteiger partial charge in [0.15, 0.2) is 0 Å². The van der Waals surface area contributed by atoms with E-state index in [9.17, 15) is 0 Å². The highest BCUT2D eigenvalue weighted by molar-refractivity contribution is 5.37. The smallest absolute Gasteiger partial charge is 0.105 e. The highest BCUT2D eigenvalue weighted by Crippen LogP contribution is 2.09. The molecule has 3 nitrogen and oxygen atoms in total. The van der Waals surface area contributed by atoms with Crippen molar-refractivity contribution in [2.75, 3.05) is 25.0 Å². The van der Waals surface area contributed by atoms with Crippen LogP contribution < -0.4 is 10.6 Å². The summed E-state index contributed by atoms with van der Waals surface area (Å²) >= 11 is 0. The van der Waals surface area contributed by atoms with Crippen LogP contribution in [0.25, 0.3) is 0 Å². The van der Waals surface area contributed by atoms with Crippen LogP contribution in [0.15, 0.2) is 18.3 Å². The molecule has 68 valence electrons. The van der Waals surface area contributed by atoms with Crippen LogP contribution in [0, 0.1) is 5.92 Å². The Bertz CT molecular complexity index is 206. The second kappa shape index (κ2) is 4.16. The molecule has 1 atom stereocenters. The molecule has 0 aliphatic heterocycles. The van der Waals surface area contributed by atoms with Gasteiger partial charge in [-0.05, 0) is 24.6 Å². The average molecular weight is 167 g/mol. The molecule has 1 rings (SSSR count). The van der Waals surface area contributed by atoms with Crippen molar-refractivity contribution in [3.8, 4) is 0 Å². The van der Waals surface area contributed by atoms with E-state index in [1.165, 1.54) is 0 Å². The molecule has 0 amide bonds. The number of nitrogens with one attached hydrogen (secondary N) is 1. The number of aromatic nitrogens is 1. The van der Waals surface area contributed by atoms with Gasteiger partial charge in [0.05, 0.1) is 0 Å². The Kier molecular flexibility index (Phi) is 3.17. The van der Waals surface area contributed by atoms with Crippen molar-refractivity contribution in [2.24, 2.45) is 11.7 Å². The van der Waals surface area contributed by atoms with Crippen LogP contribution in [0.5, 0.6) is 0 Å². The SMILES string of the molecule is CC(CN)CN(C)c1ccc[nH]1. The third-order valence-corrected chi connectivity index (χ3v) is 1.98. The van der Waals surface area contributed by atoms with Gasteiger partial charge in [0.1, 0.15) is 5.82 Å². The Morgan fingerprint density at radius 3 is 2.92 bits per heavy atom. The zero-order valence-electron chi connectivity index (χ0n) is 7.75. The van der Waals surface area contributed by atoms with E-state index in [-0.39, 0.29) is 0 Å². The van der Waals surface area contributed by atoms with Crippen molar-refractivity contribution in [3.05, 3.63) is 18.3 Å². The predicted molar refractivity (Wildman–Crippen MR) is 52.3 cm³/mol. The predicted octanol–water partition coefficient (Wildman–Crippen LogP) is 1.05. The summed E-state index contributed by atoms with van der Waals surface area (Å²) in [5.74, 6) is 1.69. The van der Waals surface area contributed by atoms with E-state index in [0.29, 0.717) is 5.92 Å². The lowest BCUT2D eigenvalue weighted by Crippen LogP contribution is -2.28. The molecule has 0 radical (unpaired) electrons. The van der Waals surface area contributed by atoms with Crippen LogP contribution in [0.1, 0.15) is 6.92 Å². The Morgan fingerprint density at radius 1 is 1.67 bits per heavy atom. The van der Waals surface area contributed by atoms with E-state index in [2.05, 4.69) is 29.9 Å². The van der Waals surface area contributed by atoms with E-state index in [1.807, 2.05) is 12.3 Å². The standard InChI is InChI=1S/C9H17N3/c1-8(6-10)7-12(2)9-4-3-5-11-9/h3-5,8,11H,6-7,10H2,1-2H3. The van der Waals surface area contributed by atoms with Crippen LogP contribution >= 0.6 is 0 Å². The molecular weight excluding hydrogens is 150 g/mol. The quantitative estimate of drug-likeness (QED) is 0.704. The molecule has 1 unspecified atom stereocenters. The minimum Gasteiger partial charge on any atom is -0.361 e. The van der Waals surface area contributed by atoms with E-state index in [1.54, 1.807) is 0 Å². The summed E-state index contributed by atoms with van der Waals surface area (Å²) in [6, 6.07) is 4.06. The monoisotopic (exact) mass is 167 g/mol. The van der Waals surface area contributed by atoms with Crippen molar-refractivity contribution < 1.29 is 0 Å². The first kappa shape index (κ1) is 9.13. The zero-order valence-corrected chi connectivity index (χ0v) is 7.75. The first-order chi connectivity index (χ1) is 5.74. The minimum atomic E-state index is 0.540. The maximum atomic E-state index is 5.54. The molecule has 0 fully saturated rings. The van der Waals surface area contributed by atoms with E-state index >= 15 is 0 Å². The zero-order chi connectivity index (χ0) is 8.97. The van der Waals surface area contributed by atoms with Crippen molar-refractivity contribution >= 4 is 5.82 Å². The third kappa shape index (κ3) is 2.27. The first-order valence-electron chi connectivity index (χ1n) is 4.28. The minimum absolute atomic E-state index is 0.540. The number of aromatic amines is 1. The molecule has 1 aromatic rings. The third-order valence-electron chi connectivity index (χ3n) is 1.98. The van der Waals surface area contributed by atoms with Gasteiger partial charge in [-0.3, -0.25) is 0 Å². The highest BCUT2D eigenvalue weighted by atomic mass is 15.2. The van der Waals surface area contributed by atoms with Crippen molar-refractivity contribution in [2.45, 2.75) is 6.92 Å². The number of nitrogens with zero attached hydrogens (tertiary/aromatic N) is 1. The molecule has 3 heteroatoms. The summed E-state index contributed by atoms with van der Waals surface area (Å²) in [5.41, 5.74) is 5.54. The topological polar surface area (TPSA) is 45.0 Å². The van der Waals surface area contributed by atoms with Gasteiger partial charge in [0.25, 0.3) is 0 Å². The van der Waals surface area contributed by atoms with Gasteiger partial charge in [-0.25, -0.2) is 0 Å². The fourth-order valence-corrected chi connectivity index (χ4v) is 1.20. The highest BCUT2D eigenvalue weighted by Gasteiger charge is 2.05. The van der Waals surface area contributed by atoms with Crippen LogP contribution in [0.3, 0.4) is 0 Å². The van der Waals surface area contributed by atoms with Gasteiger partial charge >= 0.3 is 0 Å². The summed E-state index contributed by atoms with van der Waals surface area (Å²) in [7, 11) is 2.07. The van der Waals surface area contributed by atoms with Gasteiger partial charge in [-0.1, -0.05) is 6.92 Å². The summed E-state index contributed by atoms with van der Waals surface area (Å²) < 4.78 is 0. The lowest BCUT2D eigenvalue weighted by atomic mass is 10.2. The molecule has 0 aliphatic rings. The number of H-pyrrole nitrogens is 1. The lowest BCUT2D eigenvalue weighted by Gasteiger charge is -2.20. The molecule has 0 bridgehead atoms. The van der Waals surface area contributed by atoms with Gasteiger partial charge in [0.2, 0.25) is 0 Å². The Hall–Kier alpha value is -0.960. The van der Waals surface area contributed by atoms with Crippen LogP contribution in [-0.2, 0) is 0 Å². The Morgan fingerprint density at radius 2 is 2.42 bits per heavy atom. The van der Waals surface area contributed by atoms with E-state index in [4.69, 9.17) is 5.73 Å². The molecule has 3 N–H and O–H groups in total. The molecule has 1 aromatic heterocycles.